The van der Waals surface area contributed by atoms with Crippen molar-refractivity contribution in [3.05, 3.63) is 0 Å². The maximum absolute atomic E-state index is 5.56. The number of nitrogens with one attached hydrogen (secondary N) is 1. The molecule has 2 atom stereocenters. The van der Waals surface area contributed by atoms with E-state index in [1.807, 2.05) is 0 Å². The van der Waals surface area contributed by atoms with Crippen LogP contribution in [0.4, 0.5) is 0 Å². The molecule has 0 radical (unpaired) electrons. The Morgan fingerprint density at radius 1 is 1.43 bits per heavy atom. The lowest BCUT2D eigenvalue weighted by atomic mass is 9.95. The van der Waals surface area contributed by atoms with Crippen LogP contribution < -0.4 is 5.32 Å². The number of hydrogen-bond acceptors (Lipinski definition) is 3. The minimum atomic E-state index is 0.474. The van der Waals surface area contributed by atoms with Crippen LogP contribution in [0.5, 0.6) is 0 Å². The van der Waals surface area contributed by atoms with Crippen LogP contribution in [0.1, 0.15) is 19.8 Å². The summed E-state index contributed by atoms with van der Waals surface area (Å²) in [6.45, 7) is 6.75. The van der Waals surface area contributed by atoms with Crippen molar-refractivity contribution < 1.29 is 4.74 Å². The third-order valence-electron chi connectivity index (χ3n) is 3.52. The average molecular weight is 198 g/mol. The quantitative estimate of drug-likeness (QED) is 0.722. The lowest BCUT2D eigenvalue weighted by molar-refractivity contribution is -0.00837. The van der Waals surface area contributed by atoms with Gasteiger partial charge in [0.2, 0.25) is 0 Å². The van der Waals surface area contributed by atoms with Gasteiger partial charge in [-0.15, -0.1) is 0 Å². The number of hydrogen-bond donors (Lipinski definition) is 1. The highest BCUT2D eigenvalue weighted by Gasteiger charge is 2.26. The maximum Gasteiger partial charge on any atom is 0.0550 e. The molecular formula is C11H22N2O. The number of nitrogens with zero attached hydrogens (tertiary/aromatic N) is 1. The molecule has 14 heavy (non-hydrogen) atoms. The van der Waals surface area contributed by atoms with Gasteiger partial charge in [0.15, 0.2) is 0 Å². The van der Waals surface area contributed by atoms with E-state index in [9.17, 15) is 0 Å². The van der Waals surface area contributed by atoms with Gasteiger partial charge in [0.05, 0.1) is 6.10 Å². The third-order valence-corrected chi connectivity index (χ3v) is 3.52. The van der Waals surface area contributed by atoms with E-state index < -0.39 is 0 Å². The molecule has 2 heterocycles. The van der Waals surface area contributed by atoms with Crippen LogP contribution >= 0.6 is 0 Å². The molecule has 0 aromatic rings. The highest BCUT2D eigenvalue weighted by Crippen LogP contribution is 2.21. The molecule has 1 N–H and O–H groups in total. The van der Waals surface area contributed by atoms with Crippen LogP contribution in [-0.2, 0) is 4.74 Å². The average Bonchev–Trinajstić information content (AvgIpc) is 1.99. The second-order valence-corrected chi connectivity index (χ2v) is 4.82. The van der Waals surface area contributed by atoms with Gasteiger partial charge in [0, 0.05) is 32.3 Å². The van der Waals surface area contributed by atoms with Crippen molar-refractivity contribution in [1.82, 2.24) is 10.2 Å². The van der Waals surface area contributed by atoms with Crippen molar-refractivity contribution in [1.29, 1.82) is 0 Å². The summed E-state index contributed by atoms with van der Waals surface area (Å²) in [5.74, 6) is 0.851. The fourth-order valence-corrected chi connectivity index (χ4v) is 2.40. The van der Waals surface area contributed by atoms with E-state index in [2.05, 4.69) is 24.2 Å². The maximum atomic E-state index is 5.56. The Kier molecular flexibility index (Phi) is 3.42. The van der Waals surface area contributed by atoms with E-state index in [0.29, 0.717) is 6.10 Å². The van der Waals surface area contributed by atoms with Gasteiger partial charge in [0.25, 0.3) is 0 Å². The molecule has 0 aromatic carbocycles. The SMILES string of the molecule is CC1CC(CN(C)C2CNC2)CCO1. The third kappa shape index (κ3) is 2.47. The Hall–Kier alpha value is -0.120. The molecule has 0 spiro atoms. The molecule has 0 aromatic heterocycles. The number of likely N-dealkylation sites (N-methyl/N-ethyl adjacent to an activating group) is 1. The first-order chi connectivity index (χ1) is 6.75. The first kappa shape index (κ1) is 10.4. The van der Waals surface area contributed by atoms with E-state index >= 15 is 0 Å². The zero-order valence-corrected chi connectivity index (χ0v) is 9.33. The van der Waals surface area contributed by atoms with Crippen molar-refractivity contribution in [3.8, 4) is 0 Å². The zero-order valence-electron chi connectivity index (χ0n) is 9.33. The normalized spacial score (nSPS) is 34.5. The highest BCUT2D eigenvalue weighted by molar-refractivity contribution is 4.84. The Bertz CT molecular complexity index is 182. The molecule has 2 aliphatic heterocycles. The first-order valence-corrected chi connectivity index (χ1v) is 5.78. The minimum Gasteiger partial charge on any atom is -0.378 e. The van der Waals surface area contributed by atoms with Gasteiger partial charge in [-0.3, -0.25) is 0 Å². The molecule has 2 saturated heterocycles. The zero-order chi connectivity index (χ0) is 9.97. The fraction of sp³-hybridized carbons (Fsp3) is 1.00. The lowest BCUT2D eigenvalue weighted by Crippen LogP contribution is -2.56. The summed E-state index contributed by atoms with van der Waals surface area (Å²) < 4.78 is 5.56. The summed E-state index contributed by atoms with van der Waals surface area (Å²) in [6.07, 6.45) is 2.96. The molecule has 2 aliphatic rings. The summed E-state index contributed by atoms with van der Waals surface area (Å²) in [4.78, 5) is 2.51. The van der Waals surface area contributed by atoms with Gasteiger partial charge in [-0.2, -0.15) is 0 Å². The Morgan fingerprint density at radius 2 is 2.21 bits per heavy atom. The van der Waals surface area contributed by atoms with Crippen LogP contribution in [0.25, 0.3) is 0 Å². The van der Waals surface area contributed by atoms with Gasteiger partial charge < -0.3 is 15.0 Å². The van der Waals surface area contributed by atoms with E-state index in [0.717, 1.165) is 18.6 Å². The van der Waals surface area contributed by atoms with Gasteiger partial charge >= 0.3 is 0 Å². The van der Waals surface area contributed by atoms with E-state index in [1.165, 1.54) is 32.5 Å². The summed E-state index contributed by atoms with van der Waals surface area (Å²) in [6, 6.07) is 0.785. The van der Waals surface area contributed by atoms with Gasteiger partial charge in [-0.05, 0) is 32.7 Å². The van der Waals surface area contributed by atoms with Crippen LogP contribution in [0.15, 0.2) is 0 Å². The highest BCUT2D eigenvalue weighted by atomic mass is 16.5. The fourth-order valence-electron chi connectivity index (χ4n) is 2.40. The molecule has 2 rings (SSSR count). The lowest BCUT2D eigenvalue weighted by Gasteiger charge is -2.39. The molecule has 0 saturated carbocycles. The molecule has 2 unspecified atom stereocenters. The molecule has 3 nitrogen and oxygen atoms in total. The molecule has 3 heteroatoms. The predicted octanol–water partition coefficient (Wildman–Crippen LogP) is 0.705. The van der Waals surface area contributed by atoms with Crippen molar-refractivity contribution in [2.24, 2.45) is 5.92 Å². The smallest absolute Gasteiger partial charge is 0.0550 e. The van der Waals surface area contributed by atoms with Gasteiger partial charge in [-0.25, -0.2) is 0 Å². The monoisotopic (exact) mass is 198 g/mol. The van der Waals surface area contributed by atoms with Crippen molar-refractivity contribution >= 4 is 0 Å². The number of rotatable bonds is 3. The Morgan fingerprint density at radius 3 is 2.79 bits per heavy atom. The van der Waals surface area contributed by atoms with E-state index in [1.54, 1.807) is 0 Å². The van der Waals surface area contributed by atoms with Crippen molar-refractivity contribution in [2.75, 3.05) is 33.3 Å². The Balaban J connectivity index is 1.72. The summed E-state index contributed by atoms with van der Waals surface area (Å²) in [5.41, 5.74) is 0. The summed E-state index contributed by atoms with van der Waals surface area (Å²) in [7, 11) is 2.26. The van der Waals surface area contributed by atoms with Gasteiger partial charge in [0.1, 0.15) is 0 Å². The summed E-state index contributed by atoms with van der Waals surface area (Å²) in [5, 5.41) is 3.32. The van der Waals surface area contributed by atoms with E-state index in [4.69, 9.17) is 4.74 Å². The molecule has 2 fully saturated rings. The molecule has 82 valence electrons. The molecule has 0 bridgehead atoms. The van der Waals surface area contributed by atoms with Crippen molar-refractivity contribution in [3.63, 3.8) is 0 Å². The minimum absolute atomic E-state index is 0.474. The van der Waals surface area contributed by atoms with Gasteiger partial charge in [-0.1, -0.05) is 0 Å². The Labute approximate surface area is 86.8 Å². The molecule has 0 aliphatic carbocycles. The van der Waals surface area contributed by atoms with E-state index in [-0.39, 0.29) is 0 Å². The largest absolute Gasteiger partial charge is 0.378 e. The predicted molar refractivity (Wildman–Crippen MR) is 57.4 cm³/mol. The summed E-state index contributed by atoms with van der Waals surface area (Å²) >= 11 is 0. The van der Waals surface area contributed by atoms with Crippen LogP contribution in [0.3, 0.4) is 0 Å². The topological polar surface area (TPSA) is 24.5 Å². The first-order valence-electron chi connectivity index (χ1n) is 5.78. The van der Waals surface area contributed by atoms with Crippen LogP contribution in [0.2, 0.25) is 0 Å². The van der Waals surface area contributed by atoms with Crippen LogP contribution in [0, 0.1) is 5.92 Å². The number of ether oxygens (including phenoxy) is 1. The second-order valence-electron chi connectivity index (χ2n) is 4.82. The molecule has 0 amide bonds. The second kappa shape index (κ2) is 4.60. The standard InChI is InChI=1S/C11H22N2O/c1-9-5-10(3-4-14-9)8-13(2)11-6-12-7-11/h9-12H,3-8H2,1-2H3. The van der Waals surface area contributed by atoms with Crippen molar-refractivity contribution in [2.45, 2.75) is 31.9 Å². The molecular weight excluding hydrogens is 176 g/mol. The van der Waals surface area contributed by atoms with Crippen LogP contribution in [-0.4, -0.2) is 50.3 Å².